The van der Waals surface area contributed by atoms with Crippen LogP contribution in [0.2, 0.25) is 0 Å². The van der Waals surface area contributed by atoms with E-state index in [4.69, 9.17) is 0 Å². The number of aromatic amines is 1. The van der Waals surface area contributed by atoms with Gasteiger partial charge in [-0.25, -0.2) is 0 Å². The van der Waals surface area contributed by atoms with Crippen LogP contribution in [0.25, 0.3) is 22.2 Å². The lowest BCUT2D eigenvalue weighted by molar-refractivity contribution is 0.908. The first-order valence-electron chi connectivity index (χ1n) is 5.50. The first-order chi connectivity index (χ1) is 8.27. The first kappa shape index (κ1) is 9.90. The van der Waals surface area contributed by atoms with Crippen LogP contribution in [0.1, 0.15) is 0 Å². The Morgan fingerprint density at radius 1 is 1.12 bits per heavy atom. The molecular weight excluding hydrogens is 212 g/mol. The quantitative estimate of drug-likeness (QED) is 0.677. The number of aryl methyl sites for hydroxylation is 1. The van der Waals surface area contributed by atoms with Gasteiger partial charge in [0, 0.05) is 13.2 Å². The fraction of sp³-hybridized carbons (Fsp3) is 0.0714. The maximum atomic E-state index is 12.2. The van der Waals surface area contributed by atoms with Gasteiger partial charge in [0.05, 0.1) is 16.8 Å². The first-order valence-corrected chi connectivity index (χ1v) is 5.50. The van der Waals surface area contributed by atoms with Crippen molar-refractivity contribution in [3.8, 4) is 11.3 Å². The topological polar surface area (TPSA) is 37.8 Å². The molecule has 2 aromatic heterocycles. The Labute approximate surface area is 98.3 Å². The second-order valence-corrected chi connectivity index (χ2v) is 4.06. The number of aromatic nitrogens is 2. The highest BCUT2D eigenvalue weighted by Gasteiger charge is 2.08. The summed E-state index contributed by atoms with van der Waals surface area (Å²) in [6, 6.07) is 13.6. The molecule has 0 bridgehead atoms. The van der Waals surface area contributed by atoms with Crippen LogP contribution < -0.4 is 5.56 Å². The van der Waals surface area contributed by atoms with Gasteiger partial charge in [-0.15, -0.1) is 0 Å². The van der Waals surface area contributed by atoms with E-state index in [1.807, 2.05) is 48.7 Å². The van der Waals surface area contributed by atoms with Gasteiger partial charge in [-0.3, -0.25) is 4.79 Å². The number of pyridine rings is 1. The predicted octanol–water partition coefficient (Wildman–Crippen LogP) is 2.53. The number of fused-ring (bicyclic) bond motifs is 1. The molecule has 0 unspecified atom stereocenters. The molecule has 0 atom stereocenters. The Hall–Kier alpha value is -2.29. The molecule has 2 heterocycles. The van der Waals surface area contributed by atoms with E-state index in [9.17, 15) is 4.79 Å². The number of para-hydroxylation sites is 1. The van der Waals surface area contributed by atoms with E-state index >= 15 is 0 Å². The Morgan fingerprint density at radius 3 is 2.71 bits per heavy atom. The highest BCUT2D eigenvalue weighted by Crippen LogP contribution is 2.18. The van der Waals surface area contributed by atoms with Crippen LogP contribution in [0.3, 0.4) is 0 Å². The summed E-state index contributed by atoms with van der Waals surface area (Å²) in [5.41, 5.74) is 2.53. The van der Waals surface area contributed by atoms with Crippen molar-refractivity contribution in [2.45, 2.75) is 0 Å². The molecule has 84 valence electrons. The van der Waals surface area contributed by atoms with E-state index in [1.54, 1.807) is 11.6 Å². The summed E-state index contributed by atoms with van der Waals surface area (Å²) in [6.45, 7) is 0. The number of rotatable bonds is 1. The fourth-order valence-corrected chi connectivity index (χ4v) is 2.11. The highest BCUT2D eigenvalue weighted by molar-refractivity contribution is 5.83. The van der Waals surface area contributed by atoms with Crippen molar-refractivity contribution < 1.29 is 0 Å². The van der Waals surface area contributed by atoms with Crippen LogP contribution in [-0.2, 0) is 7.05 Å². The molecule has 0 aliphatic rings. The van der Waals surface area contributed by atoms with Gasteiger partial charge in [0.25, 0.3) is 5.56 Å². The van der Waals surface area contributed by atoms with Gasteiger partial charge >= 0.3 is 0 Å². The Morgan fingerprint density at radius 2 is 1.94 bits per heavy atom. The molecule has 0 amide bonds. The van der Waals surface area contributed by atoms with Crippen LogP contribution in [0.15, 0.2) is 53.5 Å². The molecule has 3 nitrogen and oxygen atoms in total. The summed E-state index contributed by atoms with van der Waals surface area (Å²) in [5, 5.41) is 1.07. The standard InChI is InChI=1S/C14H12N2O/c1-16-13-7-3-2-5-10(13)9-11(14(16)17)12-6-4-8-15-12/h2-9,15H,1H3. The van der Waals surface area contributed by atoms with Crippen molar-refractivity contribution in [2.75, 3.05) is 0 Å². The van der Waals surface area contributed by atoms with E-state index in [-0.39, 0.29) is 5.56 Å². The second-order valence-electron chi connectivity index (χ2n) is 4.06. The number of hydrogen-bond donors (Lipinski definition) is 1. The second kappa shape index (κ2) is 3.63. The Bertz CT molecular complexity index is 724. The molecule has 17 heavy (non-hydrogen) atoms. The summed E-state index contributed by atoms with van der Waals surface area (Å²) in [4.78, 5) is 15.3. The zero-order chi connectivity index (χ0) is 11.8. The third-order valence-corrected chi connectivity index (χ3v) is 3.02. The van der Waals surface area contributed by atoms with Gasteiger partial charge in [-0.05, 0) is 29.7 Å². The molecule has 0 aliphatic heterocycles. The van der Waals surface area contributed by atoms with E-state index in [2.05, 4.69) is 4.98 Å². The number of nitrogens with zero attached hydrogens (tertiary/aromatic N) is 1. The van der Waals surface area contributed by atoms with Crippen molar-refractivity contribution in [1.82, 2.24) is 9.55 Å². The van der Waals surface area contributed by atoms with Crippen LogP contribution in [-0.4, -0.2) is 9.55 Å². The maximum absolute atomic E-state index is 12.2. The van der Waals surface area contributed by atoms with Gasteiger partial charge in [-0.1, -0.05) is 18.2 Å². The molecule has 3 heteroatoms. The molecular formula is C14H12N2O. The van der Waals surface area contributed by atoms with Crippen molar-refractivity contribution >= 4 is 10.9 Å². The number of nitrogens with one attached hydrogen (secondary N) is 1. The molecule has 0 aliphatic carbocycles. The number of hydrogen-bond acceptors (Lipinski definition) is 1. The lowest BCUT2D eigenvalue weighted by Crippen LogP contribution is -2.18. The van der Waals surface area contributed by atoms with Crippen LogP contribution in [0.5, 0.6) is 0 Å². The lowest BCUT2D eigenvalue weighted by Gasteiger charge is -2.07. The van der Waals surface area contributed by atoms with E-state index in [0.29, 0.717) is 5.56 Å². The maximum Gasteiger partial charge on any atom is 0.260 e. The van der Waals surface area contributed by atoms with Crippen molar-refractivity contribution in [3.05, 3.63) is 59.0 Å². The Kier molecular flexibility index (Phi) is 2.11. The fourth-order valence-electron chi connectivity index (χ4n) is 2.11. The van der Waals surface area contributed by atoms with Crippen LogP contribution in [0, 0.1) is 0 Å². The zero-order valence-corrected chi connectivity index (χ0v) is 9.47. The third-order valence-electron chi connectivity index (χ3n) is 3.02. The van der Waals surface area contributed by atoms with E-state index < -0.39 is 0 Å². The van der Waals surface area contributed by atoms with Crippen molar-refractivity contribution in [2.24, 2.45) is 7.05 Å². The minimum atomic E-state index is 0.0196. The third kappa shape index (κ3) is 1.47. The van der Waals surface area contributed by atoms with Crippen LogP contribution >= 0.6 is 0 Å². The average molecular weight is 224 g/mol. The molecule has 1 aromatic carbocycles. The van der Waals surface area contributed by atoms with E-state index in [0.717, 1.165) is 16.6 Å². The van der Waals surface area contributed by atoms with Gasteiger partial charge in [0.1, 0.15) is 0 Å². The largest absolute Gasteiger partial charge is 0.361 e. The summed E-state index contributed by atoms with van der Waals surface area (Å²) in [5.74, 6) is 0. The molecule has 1 N–H and O–H groups in total. The number of benzene rings is 1. The molecule has 3 rings (SSSR count). The molecule has 0 radical (unpaired) electrons. The summed E-state index contributed by atoms with van der Waals surface area (Å²) >= 11 is 0. The predicted molar refractivity (Wildman–Crippen MR) is 69.0 cm³/mol. The smallest absolute Gasteiger partial charge is 0.260 e. The molecule has 0 spiro atoms. The SMILES string of the molecule is Cn1c(=O)c(-c2ccc[nH]2)cc2ccccc21. The Balaban J connectivity index is 2.42. The van der Waals surface area contributed by atoms with Gasteiger partial charge in [-0.2, -0.15) is 0 Å². The minimum absolute atomic E-state index is 0.0196. The number of H-pyrrole nitrogens is 1. The van der Waals surface area contributed by atoms with Gasteiger partial charge < -0.3 is 9.55 Å². The van der Waals surface area contributed by atoms with Crippen molar-refractivity contribution in [1.29, 1.82) is 0 Å². The van der Waals surface area contributed by atoms with Crippen molar-refractivity contribution in [3.63, 3.8) is 0 Å². The monoisotopic (exact) mass is 224 g/mol. The summed E-state index contributed by atoms with van der Waals surface area (Å²) in [6.07, 6.45) is 1.82. The summed E-state index contributed by atoms with van der Waals surface area (Å²) in [7, 11) is 1.80. The summed E-state index contributed by atoms with van der Waals surface area (Å²) < 4.78 is 1.69. The minimum Gasteiger partial charge on any atom is -0.361 e. The molecule has 0 saturated carbocycles. The van der Waals surface area contributed by atoms with Gasteiger partial charge in [0.15, 0.2) is 0 Å². The molecule has 3 aromatic rings. The highest BCUT2D eigenvalue weighted by atomic mass is 16.1. The molecule has 0 fully saturated rings. The normalized spacial score (nSPS) is 10.9. The van der Waals surface area contributed by atoms with E-state index in [1.165, 1.54) is 0 Å². The van der Waals surface area contributed by atoms with Crippen LogP contribution in [0.4, 0.5) is 0 Å². The zero-order valence-electron chi connectivity index (χ0n) is 9.47. The average Bonchev–Trinajstić information content (AvgIpc) is 2.87. The van der Waals surface area contributed by atoms with Gasteiger partial charge in [0.2, 0.25) is 0 Å². The lowest BCUT2D eigenvalue weighted by atomic mass is 10.1. The molecule has 0 saturated heterocycles.